The summed E-state index contributed by atoms with van der Waals surface area (Å²) in [6, 6.07) is 0. The zero-order chi connectivity index (χ0) is 14.0. The first kappa shape index (κ1) is 15.4. The molecule has 0 radical (unpaired) electrons. The summed E-state index contributed by atoms with van der Waals surface area (Å²) in [7, 11) is -3.13. The van der Waals surface area contributed by atoms with Crippen LogP contribution >= 0.6 is 0 Å². The molecule has 1 rings (SSSR count). The SMILES string of the molecule is CC(C)(C)NCC(=O)N1CCN(S(C)(=O)=O)CC1. The van der Waals surface area contributed by atoms with Gasteiger partial charge in [0.05, 0.1) is 12.8 Å². The Bertz CT molecular complexity index is 392. The predicted octanol–water partition coefficient (Wildman–Crippen LogP) is -0.522. The molecule has 0 bridgehead atoms. The van der Waals surface area contributed by atoms with Crippen LogP contribution in [0.15, 0.2) is 0 Å². The lowest BCUT2D eigenvalue weighted by atomic mass is 10.1. The van der Waals surface area contributed by atoms with Crippen LogP contribution in [0.2, 0.25) is 0 Å². The molecule has 1 fully saturated rings. The fraction of sp³-hybridized carbons (Fsp3) is 0.909. The van der Waals surface area contributed by atoms with Crippen LogP contribution in [0.25, 0.3) is 0 Å². The van der Waals surface area contributed by atoms with Gasteiger partial charge in [-0.3, -0.25) is 4.79 Å². The number of rotatable bonds is 3. The van der Waals surface area contributed by atoms with Crippen molar-refractivity contribution >= 4 is 15.9 Å². The average molecular weight is 277 g/mol. The highest BCUT2D eigenvalue weighted by Gasteiger charge is 2.26. The van der Waals surface area contributed by atoms with Gasteiger partial charge in [-0.1, -0.05) is 0 Å². The highest BCUT2D eigenvalue weighted by molar-refractivity contribution is 7.88. The Kier molecular flexibility index (Phi) is 4.74. The van der Waals surface area contributed by atoms with Gasteiger partial charge in [0.1, 0.15) is 0 Å². The van der Waals surface area contributed by atoms with E-state index in [1.807, 2.05) is 20.8 Å². The molecule has 1 N–H and O–H groups in total. The fourth-order valence-electron chi connectivity index (χ4n) is 1.72. The van der Waals surface area contributed by atoms with Crippen LogP contribution in [0.4, 0.5) is 0 Å². The molecule has 0 aromatic carbocycles. The van der Waals surface area contributed by atoms with Crippen molar-refractivity contribution in [2.24, 2.45) is 0 Å². The summed E-state index contributed by atoms with van der Waals surface area (Å²) in [5, 5.41) is 3.14. The Morgan fingerprint density at radius 3 is 2.06 bits per heavy atom. The average Bonchev–Trinajstić information content (AvgIpc) is 2.24. The van der Waals surface area contributed by atoms with Gasteiger partial charge < -0.3 is 10.2 Å². The Morgan fingerprint density at radius 1 is 1.17 bits per heavy atom. The van der Waals surface area contributed by atoms with E-state index in [9.17, 15) is 13.2 Å². The molecule has 1 aliphatic heterocycles. The minimum atomic E-state index is -3.13. The van der Waals surface area contributed by atoms with Crippen molar-refractivity contribution in [1.82, 2.24) is 14.5 Å². The molecule has 0 aliphatic carbocycles. The smallest absolute Gasteiger partial charge is 0.236 e. The lowest BCUT2D eigenvalue weighted by Gasteiger charge is -2.34. The van der Waals surface area contributed by atoms with Gasteiger partial charge in [-0.15, -0.1) is 0 Å². The van der Waals surface area contributed by atoms with Crippen molar-refractivity contribution in [3.8, 4) is 0 Å². The van der Waals surface area contributed by atoms with Gasteiger partial charge >= 0.3 is 0 Å². The lowest BCUT2D eigenvalue weighted by Crippen LogP contribution is -2.53. The summed E-state index contributed by atoms with van der Waals surface area (Å²) < 4.78 is 24.1. The molecular weight excluding hydrogens is 254 g/mol. The number of nitrogens with zero attached hydrogens (tertiary/aromatic N) is 2. The van der Waals surface area contributed by atoms with Crippen molar-refractivity contribution < 1.29 is 13.2 Å². The molecule has 0 spiro atoms. The maximum Gasteiger partial charge on any atom is 0.236 e. The molecule has 0 unspecified atom stereocenters. The van der Waals surface area contributed by atoms with Crippen LogP contribution in [0.5, 0.6) is 0 Å². The number of hydrogen-bond acceptors (Lipinski definition) is 4. The first-order valence-corrected chi connectivity index (χ1v) is 7.92. The quantitative estimate of drug-likeness (QED) is 0.753. The largest absolute Gasteiger partial charge is 0.339 e. The molecule has 7 heteroatoms. The van der Waals surface area contributed by atoms with Crippen LogP contribution < -0.4 is 5.32 Å². The molecule has 1 amide bonds. The zero-order valence-electron chi connectivity index (χ0n) is 11.6. The summed E-state index contributed by atoms with van der Waals surface area (Å²) in [5.74, 6) is 0.0260. The van der Waals surface area contributed by atoms with Gasteiger partial charge in [0, 0.05) is 31.7 Å². The first-order chi connectivity index (χ1) is 8.09. The van der Waals surface area contributed by atoms with E-state index in [1.165, 1.54) is 10.6 Å². The van der Waals surface area contributed by atoms with Gasteiger partial charge in [-0.25, -0.2) is 8.42 Å². The third-order valence-corrected chi connectivity index (χ3v) is 4.13. The minimum Gasteiger partial charge on any atom is -0.339 e. The standard InChI is InChI=1S/C11H23N3O3S/c1-11(2,3)12-9-10(15)13-5-7-14(8-6-13)18(4,16)17/h12H,5-9H2,1-4H3. The number of hydrogen-bond donors (Lipinski definition) is 1. The van der Waals surface area contributed by atoms with Crippen molar-refractivity contribution in [1.29, 1.82) is 0 Å². The van der Waals surface area contributed by atoms with E-state index >= 15 is 0 Å². The Hall–Kier alpha value is -0.660. The third-order valence-electron chi connectivity index (χ3n) is 2.83. The number of amides is 1. The second-order valence-corrected chi connectivity index (χ2v) is 7.63. The molecule has 6 nitrogen and oxygen atoms in total. The van der Waals surface area contributed by atoms with E-state index in [0.717, 1.165) is 0 Å². The van der Waals surface area contributed by atoms with E-state index < -0.39 is 10.0 Å². The number of carbonyl (C=O) groups is 1. The summed E-state index contributed by atoms with van der Waals surface area (Å²) in [5.41, 5.74) is -0.0930. The van der Waals surface area contributed by atoms with E-state index in [2.05, 4.69) is 5.32 Å². The molecule has 1 heterocycles. The lowest BCUT2D eigenvalue weighted by molar-refractivity contribution is -0.131. The molecular formula is C11H23N3O3S. The van der Waals surface area contributed by atoms with Crippen LogP contribution in [0.3, 0.4) is 0 Å². The second-order valence-electron chi connectivity index (χ2n) is 5.65. The van der Waals surface area contributed by atoms with E-state index in [4.69, 9.17) is 0 Å². The van der Waals surface area contributed by atoms with Gasteiger partial charge in [0.2, 0.25) is 15.9 Å². The zero-order valence-corrected chi connectivity index (χ0v) is 12.4. The van der Waals surface area contributed by atoms with Gasteiger partial charge in [0.25, 0.3) is 0 Å². The summed E-state index contributed by atoms with van der Waals surface area (Å²) in [6.45, 7) is 8.02. The van der Waals surface area contributed by atoms with E-state index in [1.54, 1.807) is 4.90 Å². The number of nitrogens with one attached hydrogen (secondary N) is 1. The summed E-state index contributed by atoms with van der Waals surface area (Å²) in [4.78, 5) is 13.6. The summed E-state index contributed by atoms with van der Waals surface area (Å²) >= 11 is 0. The highest BCUT2D eigenvalue weighted by Crippen LogP contribution is 2.06. The van der Waals surface area contributed by atoms with Crippen LogP contribution in [-0.4, -0.2) is 68.0 Å². The van der Waals surface area contributed by atoms with E-state index in [0.29, 0.717) is 32.7 Å². The van der Waals surface area contributed by atoms with Crippen molar-refractivity contribution in [2.45, 2.75) is 26.3 Å². The topological polar surface area (TPSA) is 69.7 Å². The maximum absolute atomic E-state index is 11.9. The first-order valence-electron chi connectivity index (χ1n) is 6.07. The normalized spacial score (nSPS) is 19.0. The Morgan fingerprint density at radius 2 is 1.67 bits per heavy atom. The fourth-order valence-corrected chi connectivity index (χ4v) is 2.55. The molecule has 1 aliphatic rings. The molecule has 0 aromatic heterocycles. The second kappa shape index (κ2) is 5.54. The Labute approximate surface area is 109 Å². The molecule has 18 heavy (non-hydrogen) atoms. The maximum atomic E-state index is 11.9. The van der Waals surface area contributed by atoms with Gasteiger partial charge in [0.15, 0.2) is 0 Å². The molecule has 0 aromatic rings. The monoisotopic (exact) mass is 277 g/mol. The van der Waals surface area contributed by atoms with Crippen molar-refractivity contribution in [3.05, 3.63) is 0 Å². The molecule has 0 atom stereocenters. The number of sulfonamides is 1. The van der Waals surface area contributed by atoms with E-state index in [-0.39, 0.29) is 11.4 Å². The Balaban J connectivity index is 2.41. The number of piperazine rings is 1. The molecule has 0 saturated carbocycles. The van der Waals surface area contributed by atoms with Gasteiger partial charge in [-0.2, -0.15) is 4.31 Å². The van der Waals surface area contributed by atoms with Crippen LogP contribution in [0.1, 0.15) is 20.8 Å². The minimum absolute atomic E-state index is 0.0260. The number of carbonyl (C=O) groups excluding carboxylic acids is 1. The highest BCUT2D eigenvalue weighted by atomic mass is 32.2. The molecule has 1 saturated heterocycles. The van der Waals surface area contributed by atoms with Crippen molar-refractivity contribution in [2.75, 3.05) is 39.0 Å². The predicted molar refractivity (Wildman–Crippen MR) is 70.8 cm³/mol. The van der Waals surface area contributed by atoms with Crippen LogP contribution in [-0.2, 0) is 14.8 Å². The summed E-state index contributed by atoms with van der Waals surface area (Å²) in [6.07, 6.45) is 1.20. The third kappa shape index (κ3) is 4.91. The van der Waals surface area contributed by atoms with Crippen molar-refractivity contribution in [3.63, 3.8) is 0 Å². The van der Waals surface area contributed by atoms with Gasteiger partial charge in [-0.05, 0) is 20.8 Å². The molecule has 106 valence electrons. The van der Waals surface area contributed by atoms with Crippen LogP contribution in [0, 0.1) is 0 Å².